The maximum atomic E-state index is 6.20. The lowest BCUT2D eigenvalue weighted by atomic mass is 9.87. The van der Waals surface area contributed by atoms with Gasteiger partial charge in [-0.2, -0.15) is 0 Å². The molecule has 2 saturated heterocycles. The molecule has 0 aromatic rings. The molecule has 0 aromatic heterocycles. The Morgan fingerprint density at radius 2 is 1.84 bits per heavy atom. The van der Waals surface area contributed by atoms with Gasteiger partial charge in [-0.05, 0) is 58.2 Å². The van der Waals surface area contributed by atoms with Crippen molar-refractivity contribution in [1.29, 1.82) is 0 Å². The lowest BCUT2D eigenvalue weighted by Gasteiger charge is -2.46. The van der Waals surface area contributed by atoms with Gasteiger partial charge in [-0.25, -0.2) is 0 Å². The molecular formula is C16H30N2O. The Morgan fingerprint density at radius 3 is 2.53 bits per heavy atom. The smallest absolute Gasteiger partial charge is 0.0697 e. The van der Waals surface area contributed by atoms with Gasteiger partial charge in [0, 0.05) is 18.7 Å². The van der Waals surface area contributed by atoms with Gasteiger partial charge in [0.1, 0.15) is 0 Å². The van der Waals surface area contributed by atoms with E-state index in [9.17, 15) is 0 Å². The predicted molar refractivity (Wildman–Crippen MR) is 78.4 cm³/mol. The Morgan fingerprint density at radius 1 is 1.11 bits per heavy atom. The van der Waals surface area contributed by atoms with Crippen LogP contribution in [0.15, 0.2) is 0 Å². The van der Waals surface area contributed by atoms with Gasteiger partial charge in [0.2, 0.25) is 0 Å². The molecule has 1 atom stereocenters. The minimum Gasteiger partial charge on any atom is -0.375 e. The molecular weight excluding hydrogens is 236 g/mol. The van der Waals surface area contributed by atoms with Gasteiger partial charge < -0.3 is 10.1 Å². The van der Waals surface area contributed by atoms with E-state index in [2.05, 4.69) is 17.1 Å². The minimum absolute atomic E-state index is 0.267. The second kappa shape index (κ2) is 6.11. The maximum Gasteiger partial charge on any atom is 0.0697 e. The Labute approximate surface area is 118 Å². The van der Waals surface area contributed by atoms with Crippen LogP contribution in [0.3, 0.4) is 0 Å². The van der Waals surface area contributed by atoms with E-state index in [1.54, 1.807) is 0 Å². The number of piperidine rings is 1. The van der Waals surface area contributed by atoms with Crippen LogP contribution in [0.4, 0.5) is 0 Å². The lowest BCUT2D eigenvalue weighted by molar-refractivity contribution is -0.107. The van der Waals surface area contributed by atoms with E-state index in [0.717, 1.165) is 18.7 Å². The van der Waals surface area contributed by atoms with Gasteiger partial charge in [0.25, 0.3) is 0 Å². The SMILES string of the molecule is CCN(C1CCNCC1)C1CCOC2(CCCC2)C1. The summed E-state index contributed by atoms with van der Waals surface area (Å²) in [7, 11) is 0. The van der Waals surface area contributed by atoms with Crippen LogP contribution in [-0.2, 0) is 4.74 Å². The van der Waals surface area contributed by atoms with Gasteiger partial charge >= 0.3 is 0 Å². The zero-order valence-corrected chi connectivity index (χ0v) is 12.5. The first-order valence-electron chi connectivity index (χ1n) is 8.43. The minimum atomic E-state index is 0.267. The van der Waals surface area contributed by atoms with Gasteiger partial charge in [0.15, 0.2) is 0 Å². The van der Waals surface area contributed by atoms with Crippen molar-refractivity contribution < 1.29 is 4.74 Å². The van der Waals surface area contributed by atoms with Gasteiger partial charge in [0.05, 0.1) is 5.60 Å². The van der Waals surface area contributed by atoms with Crippen LogP contribution in [0.5, 0.6) is 0 Å². The third-order valence-corrected chi connectivity index (χ3v) is 5.59. The summed E-state index contributed by atoms with van der Waals surface area (Å²) < 4.78 is 6.20. The summed E-state index contributed by atoms with van der Waals surface area (Å²) in [5, 5.41) is 3.49. The molecule has 1 spiro atoms. The van der Waals surface area contributed by atoms with Crippen LogP contribution in [0, 0.1) is 0 Å². The second-order valence-electron chi connectivity index (χ2n) is 6.70. The molecule has 0 amide bonds. The molecule has 3 rings (SSSR count). The topological polar surface area (TPSA) is 24.5 Å². The molecule has 2 heterocycles. The highest BCUT2D eigenvalue weighted by molar-refractivity contribution is 4.95. The van der Waals surface area contributed by atoms with Crippen molar-refractivity contribution in [3.8, 4) is 0 Å². The van der Waals surface area contributed by atoms with E-state index < -0.39 is 0 Å². The molecule has 1 unspecified atom stereocenters. The van der Waals surface area contributed by atoms with Crippen LogP contribution < -0.4 is 5.32 Å². The van der Waals surface area contributed by atoms with Crippen LogP contribution in [0.1, 0.15) is 58.3 Å². The molecule has 0 aromatic carbocycles. The summed E-state index contributed by atoms with van der Waals surface area (Å²) in [5.41, 5.74) is 0.267. The first-order valence-corrected chi connectivity index (χ1v) is 8.43. The molecule has 1 saturated carbocycles. The number of rotatable bonds is 3. The fraction of sp³-hybridized carbons (Fsp3) is 1.00. The van der Waals surface area contributed by atoms with Crippen molar-refractivity contribution in [3.05, 3.63) is 0 Å². The van der Waals surface area contributed by atoms with Crippen molar-refractivity contribution in [3.63, 3.8) is 0 Å². The quantitative estimate of drug-likeness (QED) is 0.849. The van der Waals surface area contributed by atoms with Crippen LogP contribution >= 0.6 is 0 Å². The van der Waals surface area contributed by atoms with E-state index in [-0.39, 0.29) is 5.60 Å². The molecule has 3 heteroatoms. The van der Waals surface area contributed by atoms with E-state index in [1.807, 2.05) is 0 Å². The molecule has 3 fully saturated rings. The third kappa shape index (κ3) is 2.98. The first-order chi connectivity index (χ1) is 9.33. The summed E-state index contributed by atoms with van der Waals surface area (Å²) in [6, 6.07) is 1.59. The Bertz CT molecular complexity index is 282. The number of hydrogen-bond donors (Lipinski definition) is 1. The molecule has 1 N–H and O–H groups in total. The Kier molecular flexibility index (Phi) is 4.45. The van der Waals surface area contributed by atoms with Crippen molar-refractivity contribution in [1.82, 2.24) is 10.2 Å². The van der Waals surface area contributed by atoms with E-state index in [1.165, 1.54) is 71.0 Å². The zero-order chi connectivity index (χ0) is 13.1. The lowest BCUT2D eigenvalue weighted by Crippen LogP contribution is -2.53. The van der Waals surface area contributed by atoms with E-state index in [0.29, 0.717) is 0 Å². The molecule has 0 radical (unpaired) electrons. The van der Waals surface area contributed by atoms with Gasteiger partial charge in [-0.3, -0.25) is 4.90 Å². The van der Waals surface area contributed by atoms with Crippen molar-refractivity contribution >= 4 is 0 Å². The van der Waals surface area contributed by atoms with Crippen molar-refractivity contribution in [2.75, 3.05) is 26.2 Å². The number of nitrogens with zero attached hydrogens (tertiary/aromatic N) is 1. The molecule has 3 aliphatic rings. The fourth-order valence-corrected chi connectivity index (χ4v) is 4.61. The second-order valence-corrected chi connectivity index (χ2v) is 6.70. The third-order valence-electron chi connectivity index (χ3n) is 5.59. The molecule has 2 aliphatic heterocycles. The average molecular weight is 266 g/mol. The largest absolute Gasteiger partial charge is 0.375 e. The van der Waals surface area contributed by atoms with Gasteiger partial charge in [-0.15, -0.1) is 0 Å². The predicted octanol–water partition coefficient (Wildman–Crippen LogP) is 2.55. The molecule has 110 valence electrons. The highest BCUT2D eigenvalue weighted by Gasteiger charge is 2.42. The van der Waals surface area contributed by atoms with Crippen LogP contribution in [0.2, 0.25) is 0 Å². The molecule has 3 nitrogen and oxygen atoms in total. The monoisotopic (exact) mass is 266 g/mol. The maximum absolute atomic E-state index is 6.20. The van der Waals surface area contributed by atoms with Crippen LogP contribution in [-0.4, -0.2) is 48.8 Å². The first kappa shape index (κ1) is 13.8. The zero-order valence-electron chi connectivity index (χ0n) is 12.5. The Balaban J connectivity index is 1.64. The molecule has 0 bridgehead atoms. The normalized spacial score (nSPS) is 32.2. The number of hydrogen-bond acceptors (Lipinski definition) is 3. The standard InChI is InChI=1S/C16H30N2O/c1-2-18(14-5-10-17-11-6-14)15-7-12-19-16(13-15)8-3-4-9-16/h14-15,17H,2-13H2,1H3. The molecule has 19 heavy (non-hydrogen) atoms. The summed E-state index contributed by atoms with van der Waals surface area (Å²) in [4.78, 5) is 2.81. The number of nitrogens with one attached hydrogen (secondary N) is 1. The van der Waals surface area contributed by atoms with Crippen LogP contribution in [0.25, 0.3) is 0 Å². The van der Waals surface area contributed by atoms with Crippen molar-refractivity contribution in [2.24, 2.45) is 0 Å². The molecule has 1 aliphatic carbocycles. The summed E-state index contributed by atoms with van der Waals surface area (Å²) in [5.74, 6) is 0. The summed E-state index contributed by atoms with van der Waals surface area (Å²) in [6.45, 7) is 6.96. The number of ether oxygens (including phenoxy) is 1. The fourth-order valence-electron chi connectivity index (χ4n) is 4.61. The van der Waals surface area contributed by atoms with E-state index >= 15 is 0 Å². The summed E-state index contributed by atoms with van der Waals surface area (Å²) in [6.07, 6.45) is 10.6. The Hall–Kier alpha value is -0.120. The van der Waals surface area contributed by atoms with E-state index in [4.69, 9.17) is 4.74 Å². The average Bonchev–Trinajstić information content (AvgIpc) is 2.89. The van der Waals surface area contributed by atoms with Crippen molar-refractivity contribution in [2.45, 2.75) is 76.0 Å². The highest BCUT2D eigenvalue weighted by atomic mass is 16.5. The summed E-state index contributed by atoms with van der Waals surface area (Å²) >= 11 is 0. The highest BCUT2D eigenvalue weighted by Crippen LogP contribution is 2.41. The van der Waals surface area contributed by atoms with Gasteiger partial charge in [-0.1, -0.05) is 19.8 Å².